The van der Waals surface area contributed by atoms with Crippen molar-refractivity contribution in [2.75, 3.05) is 38.7 Å². The van der Waals surface area contributed by atoms with Gasteiger partial charge in [-0.2, -0.15) is 13.2 Å². The summed E-state index contributed by atoms with van der Waals surface area (Å²) in [7, 11) is 1.28. The van der Waals surface area contributed by atoms with Crippen LogP contribution in [0.5, 0.6) is 11.5 Å². The van der Waals surface area contributed by atoms with Crippen molar-refractivity contribution < 1.29 is 41.8 Å². The number of halogens is 4. The van der Waals surface area contributed by atoms with Crippen molar-refractivity contribution in [2.24, 2.45) is 0 Å². The van der Waals surface area contributed by atoms with Crippen molar-refractivity contribution in [2.45, 2.75) is 6.18 Å². The zero-order valence-corrected chi connectivity index (χ0v) is 18.0. The van der Waals surface area contributed by atoms with E-state index >= 15 is 0 Å². The molecule has 0 saturated heterocycles. The van der Waals surface area contributed by atoms with Crippen LogP contribution < -0.4 is 14.8 Å². The molecule has 0 aliphatic carbocycles. The standard InChI is InChI=1S/C21H18ClF3N2O6/c1-27(10-18(28)26-13-3-4-15(22)14(9-13)21(23,24)25)19(29)11-33-20(30)12-2-5-16-17(8-12)32-7-6-31-16/h2-5,8-9H,6-7,10-11H2,1H3,(H,26,28). The summed E-state index contributed by atoms with van der Waals surface area (Å²) < 4.78 is 54.5. The summed E-state index contributed by atoms with van der Waals surface area (Å²) in [4.78, 5) is 37.5. The number of esters is 1. The SMILES string of the molecule is CN(CC(=O)Nc1ccc(Cl)c(C(F)(F)F)c1)C(=O)COC(=O)c1ccc2c(c1)OCCO2. The number of anilines is 1. The van der Waals surface area contributed by atoms with E-state index in [1.165, 1.54) is 25.2 Å². The van der Waals surface area contributed by atoms with Crippen molar-refractivity contribution in [3.63, 3.8) is 0 Å². The Bertz CT molecular complexity index is 1080. The van der Waals surface area contributed by atoms with Crippen LogP contribution in [-0.2, 0) is 20.5 Å². The van der Waals surface area contributed by atoms with Gasteiger partial charge in [0, 0.05) is 12.7 Å². The van der Waals surface area contributed by atoms with Gasteiger partial charge in [-0.15, -0.1) is 0 Å². The molecule has 2 aromatic rings. The molecule has 0 aromatic heterocycles. The van der Waals surface area contributed by atoms with Gasteiger partial charge in [-0.3, -0.25) is 9.59 Å². The number of benzene rings is 2. The minimum atomic E-state index is -4.69. The maximum Gasteiger partial charge on any atom is 0.417 e. The zero-order chi connectivity index (χ0) is 24.2. The normalized spacial score (nSPS) is 12.6. The molecular weight excluding hydrogens is 469 g/mol. The quantitative estimate of drug-likeness (QED) is 0.629. The number of hydrogen-bond donors (Lipinski definition) is 1. The van der Waals surface area contributed by atoms with Gasteiger partial charge in [0.2, 0.25) is 5.91 Å². The number of nitrogens with one attached hydrogen (secondary N) is 1. The highest BCUT2D eigenvalue weighted by atomic mass is 35.5. The molecule has 176 valence electrons. The van der Waals surface area contributed by atoms with E-state index in [0.717, 1.165) is 11.0 Å². The van der Waals surface area contributed by atoms with E-state index in [2.05, 4.69) is 5.32 Å². The maximum absolute atomic E-state index is 12.9. The third-order valence-electron chi connectivity index (χ3n) is 4.47. The number of carbonyl (C=O) groups is 3. The average Bonchev–Trinajstić information content (AvgIpc) is 2.77. The summed E-state index contributed by atoms with van der Waals surface area (Å²) in [5.74, 6) is -1.35. The molecule has 12 heteroatoms. The van der Waals surface area contributed by atoms with Gasteiger partial charge in [-0.1, -0.05) is 11.6 Å². The molecule has 0 fully saturated rings. The van der Waals surface area contributed by atoms with Crippen molar-refractivity contribution in [1.82, 2.24) is 4.90 Å². The van der Waals surface area contributed by atoms with E-state index in [1.54, 1.807) is 6.07 Å². The monoisotopic (exact) mass is 486 g/mol. The molecule has 0 radical (unpaired) electrons. The number of likely N-dealkylation sites (N-methyl/N-ethyl adjacent to an activating group) is 1. The van der Waals surface area contributed by atoms with Gasteiger partial charge in [-0.05, 0) is 36.4 Å². The lowest BCUT2D eigenvalue weighted by atomic mass is 10.2. The lowest BCUT2D eigenvalue weighted by molar-refractivity contribution is -0.137. The molecule has 2 amide bonds. The molecular formula is C21H18ClF3N2O6. The fraction of sp³-hybridized carbons (Fsp3) is 0.286. The lowest BCUT2D eigenvalue weighted by Gasteiger charge is -2.19. The van der Waals surface area contributed by atoms with Gasteiger partial charge in [-0.25, -0.2) is 4.79 Å². The third kappa shape index (κ3) is 6.28. The molecule has 0 spiro atoms. The largest absolute Gasteiger partial charge is 0.486 e. The van der Waals surface area contributed by atoms with Crippen LogP contribution in [0, 0.1) is 0 Å². The Morgan fingerprint density at radius 3 is 2.48 bits per heavy atom. The second kappa shape index (κ2) is 9.99. The summed E-state index contributed by atoms with van der Waals surface area (Å²) in [6.45, 7) is -0.391. The fourth-order valence-corrected chi connectivity index (χ4v) is 3.04. The molecule has 33 heavy (non-hydrogen) atoms. The average molecular weight is 487 g/mol. The van der Waals surface area contributed by atoms with Crippen molar-refractivity contribution in [3.05, 3.63) is 52.5 Å². The van der Waals surface area contributed by atoms with E-state index in [0.29, 0.717) is 30.8 Å². The van der Waals surface area contributed by atoms with E-state index < -0.39 is 47.7 Å². The summed E-state index contributed by atoms with van der Waals surface area (Å²) in [6.07, 6.45) is -4.69. The number of amides is 2. The molecule has 0 unspecified atom stereocenters. The van der Waals surface area contributed by atoms with Gasteiger partial charge in [0.1, 0.15) is 13.2 Å². The fourth-order valence-electron chi connectivity index (χ4n) is 2.82. The number of nitrogens with zero attached hydrogens (tertiary/aromatic N) is 1. The first-order valence-electron chi connectivity index (χ1n) is 9.52. The smallest absolute Gasteiger partial charge is 0.417 e. The van der Waals surface area contributed by atoms with E-state index in [4.69, 9.17) is 25.8 Å². The number of hydrogen-bond acceptors (Lipinski definition) is 6. The van der Waals surface area contributed by atoms with E-state index in [9.17, 15) is 27.6 Å². The van der Waals surface area contributed by atoms with Gasteiger partial charge in [0.25, 0.3) is 5.91 Å². The summed E-state index contributed by atoms with van der Waals surface area (Å²) in [5, 5.41) is 1.76. The maximum atomic E-state index is 12.9. The Balaban J connectivity index is 1.51. The Morgan fingerprint density at radius 2 is 1.79 bits per heavy atom. The topological polar surface area (TPSA) is 94.2 Å². The number of ether oxygens (including phenoxy) is 3. The van der Waals surface area contributed by atoms with Crippen LogP contribution in [0.1, 0.15) is 15.9 Å². The van der Waals surface area contributed by atoms with Crippen LogP contribution in [0.15, 0.2) is 36.4 Å². The van der Waals surface area contributed by atoms with Crippen LogP contribution in [0.4, 0.5) is 18.9 Å². The van der Waals surface area contributed by atoms with Gasteiger partial charge in [0.15, 0.2) is 18.1 Å². The zero-order valence-electron chi connectivity index (χ0n) is 17.2. The lowest BCUT2D eigenvalue weighted by Crippen LogP contribution is -2.37. The Hall–Kier alpha value is -3.47. The van der Waals surface area contributed by atoms with Crippen LogP contribution in [0.25, 0.3) is 0 Å². The summed E-state index contributed by atoms with van der Waals surface area (Å²) >= 11 is 5.54. The summed E-state index contributed by atoms with van der Waals surface area (Å²) in [5.41, 5.74) is -1.09. The van der Waals surface area contributed by atoms with Crippen molar-refractivity contribution >= 4 is 35.1 Å². The number of alkyl halides is 3. The first-order chi connectivity index (χ1) is 15.5. The molecule has 1 N–H and O–H groups in total. The first-order valence-corrected chi connectivity index (χ1v) is 9.89. The first kappa shape index (κ1) is 24.2. The van der Waals surface area contributed by atoms with Crippen molar-refractivity contribution in [3.8, 4) is 11.5 Å². The Kier molecular flexibility index (Phi) is 7.32. The number of rotatable bonds is 6. The number of carbonyl (C=O) groups excluding carboxylic acids is 3. The van der Waals surface area contributed by atoms with Crippen LogP contribution in [0.3, 0.4) is 0 Å². The van der Waals surface area contributed by atoms with E-state index in [1.807, 2.05) is 0 Å². The molecule has 0 saturated carbocycles. The molecule has 0 bridgehead atoms. The van der Waals surface area contributed by atoms with Crippen molar-refractivity contribution in [1.29, 1.82) is 0 Å². The minimum absolute atomic E-state index is 0.136. The molecule has 1 aliphatic heterocycles. The Morgan fingerprint density at radius 1 is 1.09 bits per heavy atom. The molecule has 0 atom stereocenters. The van der Waals surface area contributed by atoms with Crippen LogP contribution in [0.2, 0.25) is 5.02 Å². The third-order valence-corrected chi connectivity index (χ3v) is 4.80. The van der Waals surface area contributed by atoms with E-state index in [-0.39, 0.29) is 11.3 Å². The molecule has 8 nitrogen and oxygen atoms in total. The molecule has 2 aromatic carbocycles. The highest BCUT2D eigenvalue weighted by Gasteiger charge is 2.33. The van der Waals surface area contributed by atoms with Gasteiger partial charge < -0.3 is 24.4 Å². The molecule has 1 heterocycles. The van der Waals surface area contributed by atoms with Gasteiger partial charge >= 0.3 is 12.1 Å². The Labute approximate surface area is 191 Å². The molecule has 1 aliphatic rings. The highest BCUT2D eigenvalue weighted by Crippen LogP contribution is 2.36. The highest BCUT2D eigenvalue weighted by molar-refractivity contribution is 6.31. The predicted molar refractivity (Wildman–Crippen MR) is 110 cm³/mol. The van der Waals surface area contributed by atoms with Crippen LogP contribution >= 0.6 is 11.6 Å². The second-order valence-electron chi connectivity index (χ2n) is 6.92. The number of fused-ring (bicyclic) bond motifs is 1. The predicted octanol–water partition coefficient (Wildman–Crippen LogP) is 3.38. The van der Waals surface area contributed by atoms with Crippen LogP contribution in [-0.4, -0.2) is 56.1 Å². The summed E-state index contributed by atoms with van der Waals surface area (Å²) in [6, 6.07) is 7.33. The van der Waals surface area contributed by atoms with Gasteiger partial charge in [0.05, 0.1) is 22.7 Å². The minimum Gasteiger partial charge on any atom is -0.486 e. The second-order valence-corrected chi connectivity index (χ2v) is 7.33. The molecule has 3 rings (SSSR count).